The molecule has 0 radical (unpaired) electrons. The Morgan fingerprint density at radius 3 is 2.81 bits per heavy atom. The van der Waals surface area contributed by atoms with Gasteiger partial charge in [-0.2, -0.15) is 0 Å². The summed E-state index contributed by atoms with van der Waals surface area (Å²) < 4.78 is 6.41. The summed E-state index contributed by atoms with van der Waals surface area (Å²) in [6.45, 7) is 4.74. The van der Waals surface area contributed by atoms with E-state index in [-0.39, 0.29) is 12.1 Å². The lowest BCUT2D eigenvalue weighted by molar-refractivity contribution is -0.157. The minimum absolute atomic E-state index is 0.148. The van der Waals surface area contributed by atoms with Gasteiger partial charge in [-0.1, -0.05) is 0 Å². The quantitative estimate of drug-likeness (QED) is 0.902. The Labute approximate surface area is 103 Å². The molecule has 0 aliphatic carbocycles. The van der Waals surface area contributed by atoms with Gasteiger partial charge in [0.15, 0.2) is 0 Å². The monoisotopic (exact) mass is 286 g/mol. The number of rotatable bonds is 2. The van der Waals surface area contributed by atoms with Gasteiger partial charge in [0.05, 0.1) is 5.69 Å². The Morgan fingerprint density at radius 2 is 2.31 bits per heavy atom. The van der Waals surface area contributed by atoms with E-state index < -0.39 is 6.41 Å². The molecule has 1 aliphatic rings. The number of hydrogen-bond donors (Lipinski definition) is 1. The average molecular weight is 287 g/mol. The highest BCUT2D eigenvalue weighted by Crippen LogP contribution is 2.28. The van der Waals surface area contributed by atoms with Gasteiger partial charge >= 0.3 is 0 Å². The summed E-state index contributed by atoms with van der Waals surface area (Å²) in [6.07, 6.45) is 0.768. The summed E-state index contributed by atoms with van der Waals surface area (Å²) in [7, 11) is 0. The van der Waals surface area contributed by atoms with Crippen LogP contribution >= 0.6 is 15.9 Å². The van der Waals surface area contributed by atoms with Crippen molar-refractivity contribution >= 4 is 15.9 Å². The number of halogens is 1. The zero-order valence-electron chi connectivity index (χ0n) is 9.30. The van der Waals surface area contributed by atoms with Crippen LogP contribution in [0.1, 0.15) is 25.6 Å². The van der Waals surface area contributed by atoms with Crippen LogP contribution in [0.3, 0.4) is 0 Å². The number of aliphatic hydroxyl groups excluding tert-OH is 1. The molecule has 1 aromatic rings. The molecule has 0 spiro atoms. The highest BCUT2D eigenvalue weighted by Gasteiger charge is 2.34. The smallest absolute Gasteiger partial charge is 0.217 e. The molecule has 88 valence electrons. The Bertz CT molecular complexity index is 356. The van der Waals surface area contributed by atoms with Crippen LogP contribution < -0.4 is 0 Å². The molecule has 0 bridgehead atoms. The molecular weight excluding hydrogens is 272 g/mol. The van der Waals surface area contributed by atoms with Gasteiger partial charge in [-0.25, -0.2) is 4.90 Å². The Balaban J connectivity index is 2.10. The predicted octanol–water partition coefficient (Wildman–Crippen LogP) is 1.90. The lowest BCUT2D eigenvalue weighted by Gasteiger charge is -2.21. The van der Waals surface area contributed by atoms with Gasteiger partial charge in [-0.3, -0.25) is 4.98 Å². The summed E-state index contributed by atoms with van der Waals surface area (Å²) >= 11 is 3.34. The lowest BCUT2D eigenvalue weighted by Crippen LogP contribution is -2.35. The molecule has 0 amide bonds. The van der Waals surface area contributed by atoms with Crippen molar-refractivity contribution in [3.8, 4) is 0 Å². The van der Waals surface area contributed by atoms with Crippen molar-refractivity contribution in [2.45, 2.75) is 32.4 Å². The summed E-state index contributed by atoms with van der Waals surface area (Å²) in [5.41, 5.74) is 0.852. The molecule has 1 N–H and O–H groups in total. The summed E-state index contributed by atoms with van der Waals surface area (Å²) in [4.78, 5) is 6.18. The van der Waals surface area contributed by atoms with E-state index in [0.717, 1.165) is 10.2 Å². The summed E-state index contributed by atoms with van der Waals surface area (Å²) in [6, 6.07) is 4.09. The van der Waals surface area contributed by atoms with Crippen LogP contribution in [0.4, 0.5) is 0 Å². The molecule has 16 heavy (non-hydrogen) atoms. The standard InChI is InChI=1S/C11H15BrN2O2/c1-7(2)14-6-10(16-11(14)15)9-4-3-8(12)5-13-9/h3-5,7,10-11,15H,6H2,1-2H3. The molecule has 1 aromatic heterocycles. The zero-order chi connectivity index (χ0) is 11.7. The normalized spacial score (nSPS) is 26.6. The second-order valence-electron chi connectivity index (χ2n) is 4.14. The lowest BCUT2D eigenvalue weighted by atomic mass is 10.2. The maximum Gasteiger partial charge on any atom is 0.217 e. The first-order chi connectivity index (χ1) is 7.58. The van der Waals surface area contributed by atoms with Crippen molar-refractivity contribution in [2.75, 3.05) is 6.54 Å². The van der Waals surface area contributed by atoms with Gasteiger partial charge in [0.25, 0.3) is 0 Å². The molecule has 2 heterocycles. The van der Waals surface area contributed by atoms with Crippen LogP contribution in [0.25, 0.3) is 0 Å². The van der Waals surface area contributed by atoms with Crippen LogP contribution in [0.15, 0.2) is 22.8 Å². The van der Waals surface area contributed by atoms with Crippen molar-refractivity contribution in [1.82, 2.24) is 9.88 Å². The van der Waals surface area contributed by atoms with E-state index >= 15 is 0 Å². The van der Waals surface area contributed by atoms with Crippen LogP contribution in [-0.4, -0.2) is 34.0 Å². The van der Waals surface area contributed by atoms with E-state index in [1.807, 2.05) is 30.9 Å². The third-order valence-electron chi connectivity index (χ3n) is 2.69. The van der Waals surface area contributed by atoms with Crippen LogP contribution in [0, 0.1) is 0 Å². The third kappa shape index (κ3) is 2.43. The van der Waals surface area contributed by atoms with E-state index in [2.05, 4.69) is 20.9 Å². The second kappa shape index (κ2) is 4.79. The molecule has 1 saturated heterocycles. The van der Waals surface area contributed by atoms with Crippen molar-refractivity contribution in [3.05, 3.63) is 28.5 Å². The highest BCUT2D eigenvalue weighted by molar-refractivity contribution is 9.10. The molecule has 2 unspecified atom stereocenters. The minimum atomic E-state index is -0.824. The van der Waals surface area contributed by atoms with E-state index in [4.69, 9.17) is 4.74 Å². The van der Waals surface area contributed by atoms with Gasteiger partial charge in [-0.15, -0.1) is 0 Å². The SMILES string of the molecule is CC(C)N1CC(c2ccc(Br)cn2)OC1O. The van der Waals surface area contributed by atoms with Crippen molar-refractivity contribution < 1.29 is 9.84 Å². The maximum absolute atomic E-state index is 9.71. The molecular formula is C11H15BrN2O2. The van der Waals surface area contributed by atoms with Gasteiger partial charge in [0.1, 0.15) is 6.10 Å². The first-order valence-electron chi connectivity index (χ1n) is 5.28. The number of pyridine rings is 1. The van der Waals surface area contributed by atoms with E-state index in [1.165, 1.54) is 0 Å². The second-order valence-corrected chi connectivity index (χ2v) is 5.06. The number of aliphatic hydroxyl groups is 1. The number of aromatic nitrogens is 1. The van der Waals surface area contributed by atoms with Crippen molar-refractivity contribution in [1.29, 1.82) is 0 Å². The van der Waals surface area contributed by atoms with E-state index in [1.54, 1.807) is 6.20 Å². The van der Waals surface area contributed by atoms with Gasteiger partial charge in [0.2, 0.25) is 6.41 Å². The molecule has 5 heteroatoms. The van der Waals surface area contributed by atoms with Crippen LogP contribution in [-0.2, 0) is 4.74 Å². The van der Waals surface area contributed by atoms with Gasteiger partial charge in [0, 0.05) is 23.3 Å². The molecule has 1 fully saturated rings. The highest BCUT2D eigenvalue weighted by atomic mass is 79.9. The fourth-order valence-electron chi connectivity index (χ4n) is 1.76. The van der Waals surface area contributed by atoms with Crippen LogP contribution in [0.2, 0.25) is 0 Å². The number of ether oxygens (including phenoxy) is 1. The fourth-order valence-corrected chi connectivity index (χ4v) is 1.99. The summed E-state index contributed by atoms with van der Waals surface area (Å²) in [5.74, 6) is 0. The van der Waals surface area contributed by atoms with Crippen molar-refractivity contribution in [3.63, 3.8) is 0 Å². The molecule has 0 saturated carbocycles. The topological polar surface area (TPSA) is 45.6 Å². The number of hydrogen-bond acceptors (Lipinski definition) is 4. The zero-order valence-corrected chi connectivity index (χ0v) is 10.9. The Kier molecular flexibility index (Phi) is 3.59. The predicted molar refractivity (Wildman–Crippen MR) is 63.6 cm³/mol. The van der Waals surface area contributed by atoms with Gasteiger partial charge in [-0.05, 0) is 41.9 Å². The largest absolute Gasteiger partial charge is 0.356 e. The Hall–Kier alpha value is -0.490. The number of nitrogens with zero attached hydrogens (tertiary/aromatic N) is 2. The fraction of sp³-hybridized carbons (Fsp3) is 0.545. The van der Waals surface area contributed by atoms with E-state index in [9.17, 15) is 5.11 Å². The first-order valence-corrected chi connectivity index (χ1v) is 6.08. The Morgan fingerprint density at radius 1 is 1.56 bits per heavy atom. The molecule has 4 nitrogen and oxygen atoms in total. The minimum Gasteiger partial charge on any atom is -0.356 e. The summed E-state index contributed by atoms with van der Waals surface area (Å²) in [5, 5.41) is 9.71. The molecule has 0 aromatic carbocycles. The molecule has 2 rings (SSSR count). The maximum atomic E-state index is 9.71. The molecule has 1 aliphatic heterocycles. The van der Waals surface area contributed by atoms with Crippen LogP contribution in [0.5, 0.6) is 0 Å². The third-order valence-corrected chi connectivity index (χ3v) is 3.16. The van der Waals surface area contributed by atoms with Crippen molar-refractivity contribution in [2.24, 2.45) is 0 Å². The van der Waals surface area contributed by atoms with E-state index in [0.29, 0.717) is 6.54 Å². The average Bonchev–Trinajstić information content (AvgIpc) is 2.61. The molecule has 2 atom stereocenters. The first kappa shape index (κ1) is 12.0. The van der Waals surface area contributed by atoms with Gasteiger partial charge < -0.3 is 9.84 Å².